The summed E-state index contributed by atoms with van der Waals surface area (Å²) in [6, 6.07) is 20.7. The van der Waals surface area contributed by atoms with E-state index in [1.165, 1.54) is 23.3 Å². The summed E-state index contributed by atoms with van der Waals surface area (Å²) in [7, 11) is 0. The van der Waals surface area contributed by atoms with Gasteiger partial charge < -0.3 is 28.4 Å². The van der Waals surface area contributed by atoms with E-state index in [-0.39, 0.29) is 0 Å². The monoisotopic (exact) mass is 622 g/mol. The molecular weight excluding hydrogens is 584 g/mol. The quantitative estimate of drug-likeness (QED) is 0.101. The molecule has 0 aromatic heterocycles. The molecule has 5 rings (SSSR count). The van der Waals surface area contributed by atoms with Crippen LogP contribution in [0.3, 0.4) is 0 Å². The summed E-state index contributed by atoms with van der Waals surface area (Å²) in [4.78, 5) is 25.3. The van der Waals surface area contributed by atoms with Gasteiger partial charge in [0.15, 0.2) is 0 Å². The first-order valence-corrected chi connectivity index (χ1v) is 15.4. The maximum absolute atomic E-state index is 12.7. The fraction of sp³-hybridized carbons (Fsp3) is 0.263. The Kier molecular flexibility index (Phi) is 11.3. The molecular formula is C38H38O8. The van der Waals surface area contributed by atoms with Gasteiger partial charge >= 0.3 is 11.9 Å². The maximum atomic E-state index is 12.7. The van der Waals surface area contributed by atoms with Gasteiger partial charge in [0.2, 0.25) is 0 Å². The van der Waals surface area contributed by atoms with Crippen LogP contribution in [0.25, 0.3) is 0 Å². The third kappa shape index (κ3) is 9.89. The van der Waals surface area contributed by atoms with E-state index in [1.54, 1.807) is 42.5 Å². The number of hydrogen-bond acceptors (Lipinski definition) is 8. The molecule has 2 aliphatic carbocycles. The van der Waals surface area contributed by atoms with Gasteiger partial charge in [-0.15, -0.1) is 0 Å². The molecule has 46 heavy (non-hydrogen) atoms. The van der Waals surface area contributed by atoms with Crippen molar-refractivity contribution in [2.45, 2.75) is 39.5 Å². The lowest BCUT2D eigenvalue weighted by Gasteiger charge is -2.17. The largest absolute Gasteiger partial charge is 0.494 e. The van der Waals surface area contributed by atoms with E-state index in [0.29, 0.717) is 67.7 Å². The van der Waals surface area contributed by atoms with Gasteiger partial charge in [-0.1, -0.05) is 29.3 Å². The molecule has 3 aromatic rings. The fourth-order valence-electron chi connectivity index (χ4n) is 4.64. The zero-order chi connectivity index (χ0) is 32.1. The Labute approximate surface area is 269 Å². The third-order valence-corrected chi connectivity index (χ3v) is 7.31. The van der Waals surface area contributed by atoms with E-state index in [9.17, 15) is 9.59 Å². The van der Waals surface area contributed by atoms with Gasteiger partial charge in [-0.2, -0.15) is 0 Å². The number of carbonyl (C=O) groups excluding carboxylic acids is 2. The van der Waals surface area contributed by atoms with Crippen LogP contribution in [0.5, 0.6) is 17.2 Å². The molecule has 0 radical (unpaired) electrons. The summed E-state index contributed by atoms with van der Waals surface area (Å²) >= 11 is 0. The second kappa shape index (κ2) is 16.2. The minimum atomic E-state index is -0.541. The minimum absolute atomic E-state index is 0.307. The number of aryl methyl sites for hydroxylation is 1. The molecule has 0 spiro atoms. The van der Waals surface area contributed by atoms with E-state index < -0.39 is 11.9 Å². The third-order valence-electron chi connectivity index (χ3n) is 7.31. The van der Waals surface area contributed by atoms with Crippen molar-refractivity contribution in [2.75, 3.05) is 26.4 Å². The molecule has 0 atom stereocenters. The Morgan fingerprint density at radius 1 is 0.478 bits per heavy atom. The molecule has 3 aromatic carbocycles. The topological polar surface area (TPSA) is 89.5 Å². The van der Waals surface area contributed by atoms with Crippen LogP contribution in [-0.2, 0) is 14.2 Å². The summed E-state index contributed by atoms with van der Waals surface area (Å²) in [5.74, 6) is 3.12. The smallest absolute Gasteiger partial charge is 0.343 e. The maximum Gasteiger partial charge on any atom is 0.343 e. The van der Waals surface area contributed by atoms with Crippen LogP contribution >= 0.6 is 0 Å². The lowest BCUT2D eigenvalue weighted by Crippen LogP contribution is -2.11. The molecule has 0 saturated carbocycles. The Bertz CT molecular complexity index is 1610. The summed E-state index contributed by atoms with van der Waals surface area (Å²) in [5, 5.41) is 0. The Hall–Kier alpha value is -5.24. The Balaban J connectivity index is 1.01. The number of hydrogen-bond donors (Lipinski definition) is 0. The molecule has 0 heterocycles. The first-order valence-electron chi connectivity index (χ1n) is 15.4. The van der Waals surface area contributed by atoms with Gasteiger partial charge in [0.05, 0.1) is 22.6 Å². The average Bonchev–Trinajstić information content (AvgIpc) is 3.08. The Morgan fingerprint density at radius 3 is 1.43 bits per heavy atom. The molecule has 2 aliphatic rings. The normalized spacial score (nSPS) is 14.1. The standard InChI is InChI=1S/C38H38O8/c1-27-3-11-31(12-4-27)41-23-25-43-33-15-19-35(20-16-33)45-37(39)29-7-9-30(10-8-29)38(40)46-36-21-17-34(18-22-36)44-26-24-42-32-13-5-28(2)6-14-32/h3-5,7-13,15-17,19-21H,6,14,18,22-26H2,1-2H3. The molecule has 238 valence electrons. The SMILES string of the molecule is CC1=CC=C(OCCOC2=CC=C(OC(=O)c3ccc(C(=O)Oc4ccc(OCCOc5ccc(C)cc5)cc4)cc3)CC2)CC1. The lowest BCUT2D eigenvalue weighted by atomic mass is 10.1. The van der Waals surface area contributed by atoms with E-state index in [1.807, 2.05) is 43.3 Å². The van der Waals surface area contributed by atoms with Crippen molar-refractivity contribution >= 4 is 11.9 Å². The van der Waals surface area contributed by atoms with Gasteiger partial charge in [-0.25, -0.2) is 9.59 Å². The fourth-order valence-corrected chi connectivity index (χ4v) is 4.64. The van der Waals surface area contributed by atoms with Crippen LogP contribution in [0.15, 0.2) is 120 Å². The second-order valence-electron chi connectivity index (χ2n) is 10.9. The van der Waals surface area contributed by atoms with Gasteiger partial charge in [0.25, 0.3) is 0 Å². The molecule has 8 heteroatoms. The number of ether oxygens (including phenoxy) is 6. The van der Waals surface area contributed by atoms with E-state index >= 15 is 0 Å². The van der Waals surface area contributed by atoms with Crippen LogP contribution in [-0.4, -0.2) is 38.4 Å². The summed E-state index contributed by atoms with van der Waals surface area (Å²) in [6.07, 6.45) is 10.8. The summed E-state index contributed by atoms with van der Waals surface area (Å²) < 4.78 is 34.0. The molecule has 0 aliphatic heterocycles. The van der Waals surface area contributed by atoms with Crippen molar-refractivity contribution in [3.8, 4) is 17.2 Å². The highest BCUT2D eigenvalue weighted by atomic mass is 16.5. The van der Waals surface area contributed by atoms with Crippen molar-refractivity contribution in [1.29, 1.82) is 0 Å². The van der Waals surface area contributed by atoms with Crippen molar-refractivity contribution in [1.82, 2.24) is 0 Å². The first kappa shape index (κ1) is 32.2. The predicted octanol–water partition coefficient (Wildman–Crippen LogP) is 8.05. The van der Waals surface area contributed by atoms with E-state index in [2.05, 4.69) is 13.0 Å². The van der Waals surface area contributed by atoms with Crippen LogP contribution < -0.4 is 14.2 Å². The molecule has 0 amide bonds. The lowest BCUT2D eigenvalue weighted by molar-refractivity contribution is 0.0604. The van der Waals surface area contributed by atoms with Crippen LogP contribution in [0.1, 0.15) is 58.9 Å². The zero-order valence-corrected chi connectivity index (χ0v) is 26.2. The number of carbonyl (C=O) groups is 2. The number of rotatable bonds is 14. The van der Waals surface area contributed by atoms with Crippen molar-refractivity contribution in [2.24, 2.45) is 0 Å². The highest BCUT2D eigenvalue weighted by Crippen LogP contribution is 2.23. The number of esters is 2. The van der Waals surface area contributed by atoms with Gasteiger partial charge in [0, 0.05) is 19.3 Å². The Morgan fingerprint density at radius 2 is 0.913 bits per heavy atom. The van der Waals surface area contributed by atoms with E-state index in [0.717, 1.165) is 30.1 Å². The van der Waals surface area contributed by atoms with Gasteiger partial charge in [0.1, 0.15) is 49.4 Å². The molecule has 0 bridgehead atoms. The van der Waals surface area contributed by atoms with Crippen molar-refractivity contribution in [3.63, 3.8) is 0 Å². The highest BCUT2D eigenvalue weighted by Gasteiger charge is 2.16. The zero-order valence-electron chi connectivity index (χ0n) is 26.2. The summed E-state index contributed by atoms with van der Waals surface area (Å²) in [6.45, 7) is 5.86. The molecule has 0 saturated heterocycles. The second-order valence-corrected chi connectivity index (χ2v) is 10.9. The van der Waals surface area contributed by atoms with Crippen LogP contribution in [0, 0.1) is 6.92 Å². The van der Waals surface area contributed by atoms with Crippen molar-refractivity contribution in [3.05, 3.63) is 137 Å². The molecule has 8 nitrogen and oxygen atoms in total. The average molecular weight is 623 g/mol. The first-order chi connectivity index (χ1) is 22.4. The molecule has 0 fully saturated rings. The van der Waals surface area contributed by atoms with Gasteiger partial charge in [-0.05, 0) is 99.2 Å². The van der Waals surface area contributed by atoms with Gasteiger partial charge in [-0.3, -0.25) is 0 Å². The number of allylic oxidation sites excluding steroid dienone is 8. The van der Waals surface area contributed by atoms with E-state index in [4.69, 9.17) is 28.4 Å². The molecule has 0 N–H and O–H groups in total. The van der Waals surface area contributed by atoms with Crippen molar-refractivity contribution < 1.29 is 38.0 Å². The van der Waals surface area contributed by atoms with Crippen LogP contribution in [0.4, 0.5) is 0 Å². The summed E-state index contributed by atoms with van der Waals surface area (Å²) in [5.41, 5.74) is 3.17. The van der Waals surface area contributed by atoms with Crippen LogP contribution in [0.2, 0.25) is 0 Å². The highest BCUT2D eigenvalue weighted by molar-refractivity contribution is 5.94. The minimum Gasteiger partial charge on any atom is -0.494 e. The number of benzene rings is 3. The molecule has 0 unspecified atom stereocenters. The predicted molar refractivity (Wildman–Crippen MR) is 174 cm³/mol.